The zero-order valence-corrected chi connectivity index (χ0v) is 16.5. The summed E-state index contributed by atoms with van der Waals surface area (Å²) in [5, 5.41) is 47.1. The predicted molar refractivity (Wildman–Crippen MR) is 101 cm³/mol. The molecular weight excluding hydrogens is 402 g/mol. The zero-order valence-electron chi connectivity index (χ0n) is 16.5. The van der Waals surface area contributed by atoms with E-state index in [0.717, 1.165) is 25.7 Å². The number of aliphatic carboxylic acids is 6. The van der Waals surface area contributed by atoms with E-state index in [1.54, 1.807) is 0 Å². The minimum Gasteiger partial charge on any atom is -0.481 e. The molecule has 0 aliphatic carbocycles. The molecule has 0 aromatic rings. The SMILES string of the molecule is C=C.CC(=O)O.CC(=O)O.CC(=O)O.N.N.O=C(O)CN(CC(=O)O)CC(=O)O. The van der Waals surface area contributed by atoms with Crippen molar-refractivity contribution in [3.63, 3.8) is 0 Å². The van der Waals surface area contributed by atoms with Gasteiger partial charge in [-0.05, 0) is 0 Å². The van der Waals surface area contributed by atoms with Crippen molar-refractivity contribution in [3.05, 3.63) is 13.2 Å². The Morgan fingerprint density at radius 2 is 0.655 bits per heavy atom. The fourth-order valence-corrected chi connectivity index (χ4v) is 0.742. The minimum absolute atomic E-state index is 0. The van der Waals surface area contributed by atoms with Gasteiger partial charge in [-0.15, -0.1) is 13.2 Å². The van der Waals surface area contributed by atoms with Crippen molar-refractivity contribution in [2.45, 2.75) is 20.8 Å². The maximum Gasteiger partial charge on any atom is 0.317 e. The number of carbonyl (C=O) groups is 6. The fraction of sp³-hybridized carbons (Fsp3) is 0.429. The largest absolute Gasteiger partial charge is 0.481 e. The molecule has 0 bridgehead atoms. The Bertz CT molecular complexity index is 404. The monoisotopic (exact) mass is 433 g/mol. The van der Waals surface area contributed by atoms with Gasteiger partial charge in [-0.25, -0.2) is 0 Å². The molecule has 0 aromatic heterocycles. The van der Waals surface area contributed by atoms with Gasteiger partial charge >= 0.3 is 17.9 Å². The summed E-state index contributed by atoms with van der Waals surface area (Å²) < 4.78 is 0. The Kier molecular flexibility index (Phi) is 49.5. The first-order valence-corrected chi connectivity index (χ1v) is 6.58. The van der Waals surface area contributed by atoms with Gasteiger partial charge in [0, 0.05) is 20.8 Å². The number of carboxylic acid groups (broad SMARTS) is 6. The molecule has 0 saturated heterocycles. The molecule has 0 aromatic carbocycles. The van der Waals surface area contributed by atoms with Gasteiger partial charge in [0.1, 0.15) is 0 Å². The van der Waals surface area contributed by atoms with E-state index in [-0.39, 0.29) is 12.3 Å². The third kappa shape index (κ3) is 173. The minimum atomic E-state index is -1.26. The molecule has 0 fully saturated rings. The first-order chi connectivity index (χ1) is 12.1. The Hall–Kier alpha value is -3.56. The van der Waals surface area contributed by atoms with Gasteiger partial charge in [0.2, 0.25) is 0 Å². The van der Waals surface area contributed by atoms with Crippen LogP contribution in [0.2, 0.25) is 0 Å². The lowest BCUT2D eigenvalue weighted by Crippen LogP contribution is -2.38. The molecule has 0 amide bonds. The van der Waals surface area contributed by atoms with E-state index >= 15 is 0 Å². The lowest BCUT2D eigenvalue weighted by Gasteiger charge is -2.14. The van der Waals surface area contributed by atoms with Gasteiger partial charge in [-0.2, -0.15) is 0 Å². The topological polar surface area (TPSA) is 297 Å². The Morgan fingerprint density at radius 1 is 0.552 bits per heavy atom. The van der Waals surface area contributed by atoms with Crippen molar-refractivity contribution in [3.8, 4) is 0 Å². The van der Waals surface area contributed by atoms with E-state index in [0.29, 0.717) is 0 Å². The average Bonchev–Trinajstić information content (AvgIpc) is 2.36. The van der Waals surface area contributed by atoms with Crippen molar-refractivity contribution >= 4 is 35.8 Å². The van der Waals surface area contributed by atoms with Crippen LogP contribution in [0.15, 0.2) is 13.2 Å². The summed E-state index contributed by atoms with van der Waals surface area (Å²) in [5.74, 6) is -6.28. The zero-order chi connectivity index (χ0) is 23.2. The molecule has 12 N–H and O–H groups in total. The van der Waals surface area contributed by atoms with Crippen LogP contribution in [0.3, 0.4) is 0 Å². The maximum absolute atomic E-state index is 10.1. The van der Waals surface area contributed by atoms with Crippen LogP contribution in [-0.2, 0) is 28.8 Å². The molecule has 0 atom stereocenters. The summed E-state index contributed by atoms with van der Waals surface area (Å²) >= 11 is 0. The van der Waals surface area contributed by atoms with E-state index < -0.39 is 55.5 Å². The lowest BCUT2D eigenvalue weighted by atomic mass is 10.4. The first-order valence-electron chi connectivity index (χ1n) is 6.58. The summed E-state index contributed by atoms with van der Waals surface area (Å²) in [5.41, 5.74) is 0. The van der Waals surface area contributed by atoms with Crippen molar-refractivity contribution in [2.75, 3.05) is 19.6 Å². The van der Waals surface area contributed by atoms with Gasteiger partial charge in [0.25, 0.3) is 17.9 Å². The van der Waals surface area contributed by atoms with Gasteiger partial charge in [-0.1, -0.05) is 0 Å². The summed E-state index contributed by atoms with van der Waals surface area (Å²) in [6.07, 6.45) is 0. The van der Waals surface area contributed by atoms with Crippen LogP contribution >= 0.6 is 0 Å². The third-order valence-electron chi connectivity index (χ3n) is 1.08. The Morgan fingerprint density at radius 3 is 0.724 bits per heavy atom. The highest BCUT2D eigenvalue weighted by atomic mass is 16.4. The third-order valence-corrected chi connectivity index (χ3v) is 1.08. The van der Waals surface area contributed by atoms with E-state index in [9.17, 15) is 14.4 Å². The van der Waals surface area contributed by atoms with Crippen LogP contribution in [-0.4, -0.2) is 91.0 Å². The van der Waals surface area contributed by atoms with Gasteiger partial charge in [0.15, 0.2) is 0 Å². The number of hydrogen-bond acceptors (Lipinski definition) is 9. The quantitative estimate of drug-likeness (QED) is 0.254. The molecule has 0 radical (unpaired) electrons. The van der Waals surface area contributed by atoms with Crippen molar-refractivity contribution in [1.29, 1.82) is 0 Å². The second kappa shape index (κ2) is 32.1. The van der Waals surface area contributed by atoms with E-state index in [4.69, 9.17) is 45.0 Å². The number of nitrogens with zero attached hydrogens (tertiary/aromatic N) is 1. The van der Waals surface area contributed by atoms with Gasteiger partial charge in [0.05, 0.1) is 19.6 Å². The summed E-state index contributed by atoms with van der Waals surface area (Å²) in [4.78, 5) is 58.2. The predicted octanol–water partition coefficient (Wildman–Crippen LogP) is -0.0589. The second-order valence-corrected chi connectivity index (χ2v) is 3.88. The average molecular weight is 433 g/mol. The summed E-state index contributed by atoms with van der Waals surface area (Å²) in [6, 6.07) is 0. The van der Waals surface area contributed by atoms with E-state index in [1.807, 2.05) is 0 Å². The highest BCUT2D eigenvalue weighted by Gasteiger charge is 2.15. The van der Waals surface area contributed by atoms with Crippen molar-refractivity contribution < 1.29 is 59.4 Å². The molecule has 15 heteroatoms. The molecule has 29 heavy (non-hydrogen) atoms. The first kappa shape index (κ1) is 44.7. The van der Waals surface area contributed by atoms with Crippen LogP contribution in [0.5, 0.6) is 0 Å². The maximum atomic E-state index is 10.1. The number of carboxylic acids is 6. The molecular formula is C14H31N3O12. The molecule has 0 aliphatic heterocycles. The normalized spacial score (nSPS) is 7.17. The second-order valence-electron chi connectivity index (χ2n) is 3.88. The molecule has 15 nitrogen and oxygen atoms in total. The summed E-state index contributed by atoms with van der Waals surface area (Å²) in [6.45, 7) is 7.45. The standard InChI is InChI=1S/C6H9NO6.3C2H4O2.C2H4.2H3N/c8-4(9)1-7(2-5(10)11)3-6(12)13;3*1-2(3)4;1-2;;/h1-3H2,(H,8,9)(H,10,11)(H,12,13);3*1H3,(H,3,4);1-2H2;2*1H3. The number of rotatable bonds is 6. The van der Waals surface area contributed by atoms with Crippen molar-refractivity contribution in [1.82, 2.24) is 17.2 Å². The van der Waals surface area contributed by atoms with Crippen LogP contribution in [0, 0.1) is 0 Å². The Balaban J connectivity index is -0.0000000505. The van der Waals surface area contributed by atoms with Crippen LogP contribution < -0.4 is 12.3 Å². The highest BCUT2D eigenvalue weighted by Crippen LogP contribution is 1.87. The fourth-order valence-electron chi connectivity index (χ4n) is 0.742. The molecule has 174 valence electrons. The van der Waals surface area contributed by atoms with Crippen LogP contribution in [0.4, 0.5) is 0 Å². The smallest absolute Gasteiger partial charge is 0.317 e. The highest BCUT2D eigenvalue weighted by molar-refractivity contribution is 5.75. The van der Waals surface area contributed by atoms with Crippen LogP contribution in [0.1, 0.15) is 20.8 Å². The molecule has 0 heterocycles. The van der Waals surface area contributed by atoms with Crippen molar-refractivity contribution in [2.24, 2.45) is 0 Å². The molecule has 0 unspecified atom stereocenters. The molecule has 0 spiro atoms. The molecule has 0 aliphatic rings. The lowest BCUT2D eigenvalue weighted by molar-refractivity contribution is -0.145. The summed E-state index contributed by atoms with van der Waals surface area (Å²) in [7, 11) is 0. The van der Waals surface area contributed by atoms with Gasteiger partial charge < -0.3 is 42.9 Å². The van der Waals surface area contributed by atoms with E-state index in [2.05, 4.69) is 13.2 Å². The Labute approximate surface area is 167 Å². The van der Waals surface area contributed by atoms with Crippen LogP contribution in [0.25, 0.3) is 0 Å². The molecule has 0 rings (SSSR count). The molecule has 0 saturated carbocycles. The number of hydrogen-bond donors (Lipinski definition) is 8. The van der Waals surface area contributed by atoms with Gasteiger partial charge in [-0.3, -0.25) is 33.7 Å². The van der Waals surface area contributed by atoms with E-state index in [1.165, 1.54) is 0 Å².